The fourth-order valence-electron chi connectivity index (χ4n) is 3.37. The Balaban J connectivity index is 1.47. The Bertz CT molecular complexity index is 1180. The van der Waals surface area contributed by atoms with Crippen LogP contribution >= 0.6 is 0 Å². The number of hydrogen-bond acceptors (Lipinski definition) is 5. The van der Waals surface area contributed by atoms with Gasteiger partial charge in [-0.25, -0.2) is 9.37 Å². The van der Waals surface area contributed by atoms with Gasteiger partial charge in [0.05, 0.1) is 5.69 Å². The van der Waals surface area contributed by atoms with E-state index in [0.717, 1.165) is 0 Å². The van der Waals surface area contributed by atoms with Crippen molar-refractivity contribution in [1.29, 1.82) is 0 Å². The molecular weight excluding hydrogens is 393 g/mol. The smallest absolute Gasteiger partial charge is 0.269 e. The zero-order chi connectivity index (χ0) is 22.0. The highest BCUT2D eigenvalue weighted by Crippen LogP contribution is 2.32. The van der Waals surface area contributed by atoms with Gasteiger partial charge in [-0.15, -0.1) is 10.2 Å². The number of aromatic nitrogens is 3. The second-order valence-electron chi connectivity index (χ2n) is 8.06. The lowest BCUT2D eigenvalue weighted by Gasteiger charge is -2.26. The molecule has 0 unspecified atom stereocenters. The summed E-state index contributed by atoms with van der Waals surface area (Å²) in [6.45, 7) is 8.34. The molecule has 4 aromatic rings. The maximum Gasteiger partial charge on any atom is 0.269 e. The predicted octanol–water partition coefficient (Wildman–Crippen LogP) is 5.79. The van der Waals surface area contributed by atoms with E-state index in [2.05, 4.69) is 72.4 Å². The first-order valence-electron chi connectivity index (χ1n) is 10.1. The van der Waals surface area contributed by atoms with Crippen LogP contribution in [0.4, 0.5) is 4.39 Å². The summed E-state index contributed by atoms with van der Waals surface area (Å²) < 4.78 is 25.3. The van der Waals surface area contributed by atoms with Crippen molar-refractivity contribution in [3.05, 3.63) is 94.8 Å². The van der Waals surface area contributed by atoms with Gasteiger partial charge in [0.25, 0.3) is 5.89 Å². The van der Waals surface area contributed by atoms with E-state index in [0.29, 0.717) is 17.3 Å². The molecule has 158 valence electrons. The van der Waals surface area contributed by atoms with Gasteiger partial charge in [0.15, 0.2) is 11.5 Å². The molecule has 31 heavy (non-hydrogen) atoms. The molecule has 0 saturated heterocycles. The molecule has 2 aromatic heterocycles. The fourth-order valence-corrected chi connectivity index (χ4v) is 3.37. The van der Waals surface area contributed by atoms with Gasteiger partial charge in [0, 0.05) is 12.3 Å². The van der Waals surface area contributed by atoms with Crippen LogP contribution in [0.5, 0.6) is 5.75 Å². The van der Waals surface area contributed by atoms with E-state index < -0.39 is 5.82 Å². The van der Waals surface area contributed by atoms with Crippen LogP contribution in [0.15, 0.2) is 65.1 Å². The standard InChI is InChI=1S/C25H24FN3O2/c1-16-5-7-18(8-6-16)25(3,4)19-9-12-21(13-10-19)30-15-20-11-14-22(26)23(27-20)24-29-28-17(2)31-24/h5-14H,15H2,1-4H3. The van der Waals surface area contributed by atoms with Crippen LogP contribution in [-0.4, -0.2) is 15.2 Å². The predicted molar refractivity (Wildman–Crippen MR) is 116 cm³/mol. The van der Waals surface area contributed by atoms with Gasteiger partial charge < -0.3 is 9.15 Å². The minimum absolute atomic E-state index is 0.0249. The minimum Gasteiger partial charge on any atom is -0.487 e. The van der Waals surface area contributed by atoms with E-state index in [1.165, 1.54) is 22.8 Å². The molecule has 5 nitrogen and oxygen atoms in total. The SMILES string of the molecule is Cc1ccc(C(C)(C)c2ccc(OCc3ccc(F)c(-c4nnc(C)o4)n3)cc2)cc1. The van der Waals surface area contributed by atoms with Gasteiger partial charge in [-0.1, -0.05) is 55.8 Å². The molecule has 0 radical (unpaired) electrons. The topological polar surface area (TPSA) is 61.0 Å². The van der Waals surface area contributed by atoms with E-state index in [9.17, 15) is 4.39 Å². The molecule has 0 bridgehead atoms. The fraction of sp³-hybridized carbons (Fsp3) is 0.240. The van der Waals surface area contributed by atoms with Crippen molar-refractivity contribution in [3.63, 3.8) is 0 Å². The zero-order valence-corrected chi connectivity index (χ0v) is 18.0. The van der Waals surface area contributed by atoms with Gasteiger partial charge in [0.2, 0.25) is 5.89 Å². The van der Waals surface area contributed by atoms with Crippen LogP contribution < -0.4 is 4.74 Å². The van der Waals surface area contributed by atoms with Crippen LogP contribution in [-0.2, 0) is 12.0 Å². The third-order valence-corrected chi connectivity index (χ3v) is 5.37. The van der Waals surface area contributed by atoms with E-state index in [-0.39, 0.29) is 23.6 Å². The molecule has 0 fully saturated rings. The van der Waals surface area contributed by atoms with Gasteiger partial charge in [-0.05, 0) is 42.3 Å². The van der Waals surface area contributed by atoms with Gasteiger partial charge >= 0.3 is 0 Å². The summed E-state index contributed by atoms with van der Waals surface area (Å²) in [5, 5.41) is 7.57. The van der Waals surface area contributed by atoms with Crippen molar-refractivity contribution in [1.82, 2.24) is 15.2 Å². The molecule has 0 atom stereocenters. The molecule has 0 N–H and O–H groups in total. The molecule has 6 heteroatoms. The monoisotopic (exact) mass is 417 g/mol. The molecule has 2 heterocycles. The first-order chi connectivity index (χ1) is 14.8. The van der Waals surface area contributed by atoms with E-state index in [1.54, 1.807) is 13.0 Å². The number of benzene rings is 2. The number of rotatable bonds is 6. The Morgan fingerprint density at radius 2 is 1.52 bits per heavy atom. The van der Waals surface area contributed by atoms with Crippen molar-refractivity contribution in [3.8, 4) is 17.3 Å². The van der Waals surface area contributed by atoms with Crippen LogP contribution in [0.25, 0.3) is 11.6 Å². The van der Waals surface area contributed by atoms with Crippen molar-refractivity contribution in [2.45, 2.75) is 39.7 Å². The highest BCUT2D eigenvalue weighted by molar-refractivity contribution is 5.47. The van der Waals surface area contributed by atoms with Crippen LogP contribution in [0.2, 0.25) is 0 Å². The van der Waals surface area contributed by atoms with E-state index >= 15 is 0 Å². The molecular formula is C25H24FN3O2. The summed E-state index contributed by atoms with van der Waals surface area (Å²) in [7, 11) is 0. The molecule has 0 aliphatic carbocycles. The summed E-state index contributed by atoms with van der Waals surface area (Å²) in [6, 6.07) is 19.5. The second kappa shape index (κ2) is 8.30. The molecule has 2 aromatic carbocycles. The number of aryl methyl sites for hydroxylation is 2. The zero-order valence-electron chi connectivity index (χ0n) is 18.0. The molecule has 0 aliphatic heterocycles. The highest BCUT2D eigenvalue weighted by atomic mass is 19.1. The average Bonchev–Trinajstić information content (AvgIpc) is 3.20. The number of hydrogen-bond donors (Lipinski definition) is 0. The van der Waals surface area contributed by atoms with Crippen molar-refractivity contribution in [2.75, 3.05) is 0 Å². The van der Waals surface area contributed by atoms with Crippen LogP contribution in [0.1, 0.15) is 42.1 Å². The lowest BCUT2D eigenvalue weighted by Crippen LogP contribution is -2.18. The van der Waals surface area contributed by atoms with E-state index in [4.69, 9.17) is 9.15 Å². The third-order valence-electron chi connectivity index (χ3n) is 5.37. The molecule has 0 spiro atoms. The second-order valence-corrected chi connectivity index (χ2v) is 8.06. The Morgan fingerprint density at radius 3 is 2.13 bits per heavy atom. The van der Waals surface area contributed by atoms with Crippen molar-refractivity contribution < 1.29 is 13.5 Å². The Labute approximate surface area is 180 Å². The Morgan fingerprint density at radius 1 is 0.871 bits per heavy atom. The summed E-state index contributed by atoms with van der Waals surface area (Å²) in [6.07, 6.45) is 0. The number of halogens is 1. The maximum atomic E-state index is 14.1. The van der Waals surface area contributed by atoms with E-state index in [1.807, 2.05) is 12.1 Å². The summed E-state index contributed by atoms with van der Waals surface area (Å²) >= 11 is 0. The number of pyridine rings is 1. The molecule has 4 rings (SSSR count). The summed E-state index contributed by atoms with van der Waals surface area (Å²) in [5.41, 5.74) is 4.16. The molecule has 0 amide bonds. The lowest BCUT2D eigenvalue weighted by molar-refractivity contribution is 0.301. The quantitative estimate of drug-likeness (QED) is 0.397. The first-order valence-corrected chi connectivity index (χ1v) is 10.1. The maximum absolute atomic E-state index is 14.1. The Kier molecular flexibility index (Phi) is 5.55. The number of ether oxygens (including phenoxy) is 1. The molecule has 0 saturated carbocycles. The molecule has 0 aliphatic rings. The van der Waals surface area contributed by atoms with Gasteiger partial charge in [0.1, 0.15) is 12.4 Å². The van der Waals surface area contributed by atoms with Crippen LogP contribution in [0.3, 0.4) is 0 Å². The summed E-state index contributed by atoms with van der Waals surface area (Å²) in [5.74, 6) is 0.603. The minimum atomic E-state index is -0.518. The highest BCUT2D eigenvalue weighted by Gasteiger charge is 2.23. The first kappa shape index (κ1) is 20.7. The average molecular weight is 417 g/mol. The number of nitrogens with zero attached hydrogens (tertiary/aromatic N) is 3. The third kappa shape index (κ3) is 4.48. The van der Waals surface area contributed by atoms with Gasteiger partial charge in [-0.3, -0.25) is 0 Å². The van der Waals surface area contributed by atoms with Crippen LogP contribution in [0, 0.1) is 19.7 Å². The largest absolute Gasteiger partial charge is 0.487 e. The Hall–Kier alpha value is -3.54. The van der Waals surface area contributed by atoms with Gasteiger partial charge in [-0.2, -0.15) is 0 Å². The summed E-state index contributed by atoms with van der Waals surface area (Å²) in [4.78, 5) is 4.28. The van der Waals surface area contributed by atoms with Crippen molar-refractivity contribution >= 4 is 0 Å². The normalized spacial score (nSPS) is 11.5. The lowest BCUT2D eigenvalue weighted by atomic mass is 9.78. The van der Waals surface area contributed by atoms with Crippen molar-refractivity contribution in [2.24, 2.45) is 0 Å².